The second-order valence-electron chi connectivity index (χ2n) is 5.75. The number of thioether (sulfide) groups is 1. The maximum Gasteiger partial charge on any atom is 0.306 e. The molecule has 3 aromatic rings. The van der Waals surface area contributed by atoms with Crippen molar-refractivity contribution in [1.82, 2.24) is 4.98 Å². The van der Waals surface area contributed by atoms with Gasteiger partial charge in [-0.1, -0.05) is 30.0 Å². The second-order valence-corrected chi connectivity index (χ2v) is 8.12. The van der Waals surface area contributed by atoms with E-state index >= 15 is 0 Å². The summed E-state index contributed by atoms with van der Waals surface area (Å²) in [5.74, 6) is 2.09. The van der Waals surface area contributed by atoms with Gasteiger partial charge in [0.1, 0.15) is 6.61 Å². The van der Waals surface area contributed by atoms with E-state index in [1.807, 2.05) is 36.4 Å². The molecule has 1 aliphatic rings. The lowest BCUT2D eigenvalue weighted by Gasteiger charge is -2.05. The van der Waals surface area contributed by atoms with E-state index in [2.05, 4.69) is 11.1 Å². The maximum atomic E-state index is 11.9. The van der Waals surface area contributed by atoms with Gasteiger partial charge in [0.15, 0.2) is 15.8 Å². The van der Waals surface area contributed by atoms with Crippen LogP contribution >= 0.6 is 23.1 Å². The highest BCUT2D eigenvalue weighted by Gasteiger charge is 2.14. The van der Waals surface area contributed by atoms with Gasteiger partial charge < -0.3 is 14.2 Å². The zero-order valence-electron chi connectivity index (χ0n) is 14.0. The number of benzene rings is 2. The summed E-state index contributed by atoms with van der Waals surface area (Å²) in [7, 11) is 0. The van der Waals surface area contributed by atoms with Crippen molar-refractivity contribution >= 4 is 39.3 Å². The lowest BCUT2D eigenvalue weighted by atomic mass is 10.2. The van der Waals surface area contributed by atoms with Crippen LogP contribution in [0.2, 0.25) is 0 Å². The van der Waals surface area contributed by atoms with Crippen molar-refractivity contribution in [3.8, 4) is 11.5 Å². The molecule has 0 N–H and O–H groups in total. The standard InChI is InChI=1S/C19H17NO4S2/c21-18(22-11-13-7-8-15-16(10-13)24-12-23-15)6-3-9-25-19-20-14-4-1-2-5-17(14)26-19/h1-2,4-5,7-8,10H,3,6,9,11-12H2. The smallest absolute Gasteiger partial charge is 0.306 e. The third kappa shape index (κ3) is 4.11. The van der Waals surface area contributed by atoms with Gasteiger partial charge in [-0.25, -0.2) is 4.98 Å². The first kappa shape index (κ1) is 17.2. The Hall–Kier alpha value is -2.25. The molecule has 7 heteroatoms. The van der Waals surface area contributed by atoms with Crippen LogP contribution in [0.4, 0.5) is 0 Å². The monoisotopic (exact) mass is 387 g/mol. The van der Waals surface area contributed by atoms with Crippen LogP contribution in [-0.4, -0.2) is 23.5 Å². The summed E-state index contributed by atoms with van der Waals surface area (Å²) in [6.07, 6.45) is 1.17. The number of hydrogen-bond acceptors (Lipinski definition) is 7. The van der Waals surface area contributed by atoms with E-state index in [-0.39, 0.29) is 19.4 Å². The van der Waals surface area contributed by atoms with Gasteiger partial charge in [0.25, 0.3) is 0 Å². The lowest BCUT2D eigenvalue weighted by molar-refractivity contribution is -0.144. The summed E-state index contributed by atoms with van der Waals surface area (Å²) in [4.78, 5) is 16.5. The number of aromatic nitrogens is 1. The number of carbonyl (C=O) groups is 1. The van der Waals surface area contributed by atoms with Crippen LogP contribution < -0.4 is 9.47 Å². The topological polar surface area (TPSA) is 57.7 Å². The summed E-state index contributed by atoms with van der Waals surface area (Å²) in [6.45, 7) is 0.491. The highest BCUT2D eigenvalue weighted by atomic mass is 32.2. The molecule has 0 saturated heterocycles. The van der Waals surface area contributed by atoms with E-state index in [1.54, 1.807) is 23.1 Å². The number of thiazole rings is 1. The fraction of sp³-hybridized carbons (Fsp3) is 0.263. The number of ether oxygens (including phenoxy) is 3. The number of carbonyl (C=O) groups excluding carboxylic acids is 1. The Morgan fingerprint density at radius 2 is 2.08 bits per heavy atom. The van der Waals surface area contributed by atoms with Crippen LogP contribution in [0.1, 0.15) is 18.4 Å². The van der Waals surface area contributed by atoms with E-state index in [0.29, 0.717) is 12.2 Å². The molecule has 0 amide bonds. The third-order valence-electron chi connectivity index (χ3n) is 3.86. The number of nitrogens with zero attached hydrogens (tertiary/aromatic N) is 1. The van der Waals surface area contributed by atoms with Gasteiger partial charge in [-0.3, -0.25) is 4.79 Å². The Kier molecular flexibility index (Phi) is 5.26. The van der Waals surface area contributed by atoms with E-state index in [1.165, 1.54) is 4.70 Å². The molecular weight excluding hydrogens is 370 g/mol. The molecule has 134 valence electrons. The average molecular weight is 387 g/mol. The second kappa shape index (κ2) is 7.97. The van der Waals surface area contributed by atoms with Gasteiger partial charge in [-0.15, -0.1) is 11.3 Å². The molecule has 0 bridgehead atoms. The van der Waals surface area contributed by atoms with Crippen molar-refractivity contribution in [2.75, 3.05) is 12.5 Å². The molecule has 1 aliphatic heterocycles. The van der Waals surface area contributed by atoms with Gasteiger partial charge >= 0.3 is 5.97 Å². The Morgan fingerprint density at radius 1 is 1.19 bits per heavy atom. The predicted molar refractivity (Wildman–Crippen MR) is 102 cm³/mol. The molecular formula is C19H17NO4S2. The van der Waals surface area contributed by atoms with Gasteiger partial charge in [0.05, 0.1) is 10.2 Å². The largest absolute Gasteiger partial charge is 0.461 e. The molecule has 1 aromatic heterocycles. The Bertz CT molecular complexity index is 892. The normalized spacial score (nSPS) is 12.5. The highest BCUT2D eigenvalue weighted by molar-refractivity contribution is 8.01. The number of esters is 1. The van der Waals surface area contributed by atoms with Crippen molar-refractivity contribution in [2.45, 2.75) is 23.8 Å². The molecule has 0 fully saturated rings. The van der Waals surface area contributed by atoms with Crippen LogP contribution in [0.3, 0.4) is 0 Å². The molecule has 2 heterocycles. The van der Waals surface area contributed by atoms with E-state index < -0.39 is 0 Å². The van der Waals surface area contributed by atoms with Crippen molar-refractivity contribution in [3.63, 3.8) is 0 Å². The fourth-order valence-electron chi connectivity index (χ4n) is 2.56. The van der Waals surface area contributed by atoms with Crippen LogP contribution in [0.15, 0.2) is 46.8 Å². The highest BCUT2D eigenvalue weighted by Crippen LogP contribution is 2.33. The molecule has 2 aromatic carbocycles. The number of fused-ring (bicyclic) bond motifs is 2. The van der Waals surface area contributed by atoms with E-state index in [0.717, 1.165) is 33.3 Å². The van der Waals surface area contributed by atoms with Crippen molar-refractivity contribution in [1.29, 1.82) is 0 Å². The van der Waals surface area contributed by atoms with Crippen LogP contribution in [0.5, 0.6) is 11.5 Å². The van der Waals surface area contributed by atoms with E-state index in [4.69, 9.17) is 14.2 Å². The molecule has 0 aliphatic carbocycles. The number of hydrogen-bond donors (Lipinski definition) is 0. The number of rotatable bonds is 7. The van der Waals surface area contributed by atoms with Gasteiger partial charge in [-0.05, 0) is 36.2 Å². The first-order chi connectivity index (χ1) is 12.8. The van der Waals surface area contributed by atoms with Crippen molar-refractivity contribution in [3.05, 3.63) is 48.0 Å². The molecule has 5 nitrogen and oxygen atoms in total. The van der Waals surface area contributed by atoms with Gasteiger partial charge in [0, 0.05) is 12.2 Å². The fourth-order valence-corrected chi connectivity index (χ4v) is 4.63. The zero-order chi connectivity index (χ0) is 17.8. The molecule has 0 atom stereocenters. The Morgan fingerprint density at radius 3 is 3.00 bits per heavy atom. The first-order valence-corrected chi connectivity index (χ1v) is 10.1. The molecule has 0 spiro atoms. The van der Waals surface area contributed by atoms with Crippen LogP contribution in [-0.2, 0) is 16.1 Å². The summed E-state index contributed by atoms with van der Waals surface area (Å²) >= 11 is 3.37. The SMILES string of the molecule is O=C(CCCSc1nc2ccccc2s1)OCc1ccc2c(c1)OCO2. The summed E-state index contributed by atoms with van der Waals surface area (Å²) < 4.78 is 18.1. The van der Waals surface area contributed by atoms with Gasteiger partial charge in [-0.2, -0.15) is 0 Å². The molecule has 4 rings (SSSR count). The number of para-hydroxylation sites is 1. The average Bonchev–Trinajstić information content (AvgIpc) is 3.29. The predicted octanol–water partition coefficient (Wildman–Crippen LogP) is 4.64. The molecule has 0 radical (unpaired) electrons. The first-order valence-electron chi connectivity index (χ1n) is 8.30. The summed E-state index contributed by atoms with van der Waals surface area (Å²) in [5, 5.41) is 0. The summed E-state index contributed by atoms with van der Waals surface area (Å²) in [5.41, 5.74) is 1.93. The molecule has 0 unspecified atom stereocenters. The van der Waals surface area contributed by atoms with Crippen molar-refractivity contribution < 1.29 is 19.0 Å². The van der Waals surface area contributed by atoms with E-state index in [9.17, 15) is 4.79 Å². The minimum absolute atomic E-state index is 0.187. The van der Waals surface area contributed by atoms with Crippen LogP contribution in [0.25, 0.3) is 10.2 Å². The molecule has 0 saturated carbocycles. The minimum Gasteiger partial charge on any atom is -0.461 e. The third-order valence-corrected chi connectivity index (χ3v) is 6.13. The quantitative estimate of drug-likeness (QED) is 0.334. The lowest BCUT2D eigenvalue weighted by Crippen LogP contribution is -2.04. The minimum atomic E-state index is -0.187. The summed E-state index contributed by atoms with van der Waals surface area (Å²) in [6, 6.07) is 13.7. The van der Waals surface area contributed by atoms with Crippen LogP contribution in [0, 0.1) is 0 Å². The maximum absolute atomic E-state index is 11.9. The van der Waals surface area contributed by atoms with Crippen molar-refractivity contribution in [2.24, 2.45) is 0 Å². The molecule has 26 heavy (non-hydrogen) atoms. The van der Waals surface area contributed by atoms with Gasteiger partial charge in [0.2, 0.25) is 6.79 Å². The Balaban J connectivity index is 1.18. The zero-order valence-corrected chi connectivity index (χ0v) is 15.6. The Labute approximate surface area is 159 Å².